The second kappa shape index (κ2) is 9.32. The van der Waals surface area contributed by atoms with E-state index in [2.05, 4.69) is 6.58 Å². The maximum absolute atomic E-state index is 5.18. The van der Waals surface area contributed by atoms with Gasteiger partial charge in [0.05, 0.1) is 0 Å². The van der Waals surface area contributed by atoms with E-state index in [1.165, 1.54) is 0 Å². The smallest absolute Gasteiger partial charge is 0.516 e. The second-order valence-corrected chi connectivity index (χ2v) is 2.68. The minimum Gasteiger partial charge on any atom is -0.516 e. The summed E-state index contributed by atoms with van der Waals surface area (Å²) in [5.74, 6) is 0.912. The fourth-order valence-corrected chi connectivity index (χ4v) is 0.928. The Labute approximate surface area is 102 Å². The van der Waals surface area contributed by atoms with E-state index in [0.717, 1.165) is 5.75 Å². The monoisotopic (exact) mass is 242 g/mol. The molecule has 0 saturated heterocycles. The predicted molar refractivity (Wildman–Crippen MR) is 59.8 cm³/mol. The van der Waals surface area contributed by atoms with Crippen molar-refractivity contribution >= 4 is 0 Å². The molecule has 0 aromatic heterocycles. The van der Waals surface area contributed by atoms with Gasteiger partial charge in [0.2, 0.25) is 0 Å². The van der Waals surface area contributed by atoms with Crippen molar-refractivity contribution in [3.8, 4) is 5.75 Å². The Morgan fingerprint density at radius 1 is 1.20 bits per heavy atom. The van der Waals surface area contributed by atoms with E-state index < -0.39 is 0 Å². The Kier molecular flexibility index (Phi) is 8.55. The molecule has 0 aliphatic heterocycles. The largest absolute Gasteiger partial charge is 2.00 e. The summed E-state index contributed by atoms with van der Waals surface area (Å²) in [6.07, 6.45) is 1.73. The van der Waals surface area contributed by atoms with Crippen LogP contribution >= 0.6 is 0 Å². The average molecular weight is 242 g/mol. The van der Waals surface area contributed by atoms with Crippen LogP contribution in [0.1, 0.15) is 0 Å². The first-order chi connectivity index (χ1) is 6.93. The molecule has 0 saturated carbocycles. The standard InChI is InChI=1S/C8H9O.C5H5.Fe/c1-2-7-9-8-5-3-4-6-8;1-2-4-5-3-1;/h2-6H,1,7H2;1-5H;/q2*-1;+2. The van der Waals surface area contributed by atoms with Crippen molar-refractivity contribution in [2.75, 3.05) is 6.61 Å². The van der Waals surface area contributed by atoms with Gasteiger partial charge in [-0.1, -0.05) is 12.7 Å². The van der Waals surface area contributed by atoms with Gasteiger partial charge < -0.3 is 4.74 Å². The first-order valence-electron chi connectivity index (χ1n) is 4.55. The van der Waals surface area contributed by atoms with Crippen molar-refractivity contribution < 1.29 is 21.8 Å². The maximum atomic E-state index is 5.18. The molecular formula is C13H14FeO. The molecule has 2 rings (SSSR count). The normalized spacial score (nSPS) is 8.00. The quantitative estimate of drug-likeness (QED) is 0.455. The second-order valence-electron chi connectivity index (χ2n) is 2.68. The fourth-order valence-electron chi connectivity index (χ4n) is 0.928. The van der Waals surface area contributed by atoms with Gasteiger partial charge in [0.25, 0.3) is 0 Å². The molecular weight excluding hydrogens is 228 g/mol. The molecule has 0 amide bonds. The molecule has 0 N–H and O–H groups in total. The van der Waals surface area contributed by atoms with Crippen molar-refractivity contribution in [2.45, 2.75) is 0 Å². The predicted octanol–water partition coefficient (Wildman–Crippen LogP) is 3.37. The first kappa shape index (κ1) is 13.8. The molecule has 2 heteroatoms. The van der Waals surface area contributed by atoms with Crippen molar-refractivity contribution in [1.82, 2.24) is 0 Å². The maximum Gasteiger partial charge on any atom is 2.00 e. The molecule has 0 bridgehead atoms. The van der Waals surface area contributed by atoms with Crippen molar-refractivity contribution in [2.24, 2.45) is 0 Å². The van der Waals surface area contributed by atoms with Crippen LogP contribution in [0.25, 0.3) is 0 Å². The van der Waals surface area contributed by atoms with Crippen LogP contribution in [0.4, 0.5) is 0 Å². The molecule has 0 unspecified atom stereocenters. The minimum atomic E-state index is 0. The molecule has 0 fully saturated rings. The Morgan fingerprint density at radius 3 is 2.33 bits per heavy atom. The van der Waals surface area contributed by atoms with E-state index >= 15 is 0 Å². The van der Waals surface area contributed by atoms with Crippen molar-refractivity contribution in [3.63, 3.8) is 0 Å². The molecule has 1 nitrogen and oxygen atoms in total. The summed E-state index contributed by atoms with van der Waals surface area (Å²) >= 11 is 0. The topological polar surface area (TPSA) is 9.23 Å². The van der Waals surface area contributed by atoms with Crippen LogP contribution < -0.4 is 4.74 Å². The van der Waals surface area contributed by atoms with E-state index in [0.29, 0.717) is 6.61 Å². The van der Waals surface area contributed by atoms with Crippen molar-refractivity contribution in [1.29, 1.82) is 0 Å². The van der Waals surface area contributed by atoms with Gasteiger partial charge in [-0.2, -0.15) is 30.3 Å². The number of hydrogen-bond donors (Lipinski definition) is 0. The molecule has 0 radical (unpaired) electrons. The van der Waals surface area contributed by atoms with E-state index in [4.69, 9.17) is 4.74 Å². The minimum absolute atomic E-state index is 0. The van der Waals surface area contributed by atoms with E-state index in [-0.39, 0.29) is 17.1 Å². The molecule has 0 atom stereocenters. The third kappa shape index (κ3) is 6.78. The SMILES string of the molecule is C=CCOc1ccc[cH-]1.[Fe+2].c1cc[cH-]c1. The summed E-state index contributed by atoms with van der Waals surface area (Å²) in [6, 6.07) is 17.7. The van der Waals surface area contributed by atoms with Gasteiger partial charge in [-0.25, -0.2) is 18.2 Å². The van der Waals surface area contributed by atoms with Gasteiger partial charge in [0.1, 0.15) is 6.61 Å². The van der Waals surface area contributed by atoms with Gasteiger partial charge in [0, 0.05) is 5.75 Å². The molecule has 0 spiro atoms. The van der Waals surface area contributed by atoms with Crippen LogP contribution in [-0.4, -0.2) is 6.61 Å². The third-order valence-corrected chi connectivity index (χ3v) is 1.56. The van der Waals surface area contributed by atoms with Crippen molar-refractivity contribution in [3.05, 3.63) is 67.3 Å². The molecule has 2 aromatic carbocycles. The Morgan fingerprint density at radius 2 is 1.93 bits per heavy atom. The van der Waals surface area contributed by atoms with Gasteiger partial charge in [-0.05, 0) is 0 Å². The molecule has 0 heterocycles. The first-order valence-corrected chi connectivity index (χ1v) is 4.55. The van der Waals surface area contributed by atoms with Crippen LogP contribution in [0, 0.1) is 0 Å². The number of ether oxygens (including phenoxy) is 1. The van der Waals surface area contributed by atoms with Gasteiger partial charge in [-0.3, -0.25) is 0 Å². The van der Waals surface area contributed by atoms with Crippen LogP contribution in [-0.2, 0) is 17.1 Å². The summed E-state index contributed by atoms with van der Waals surface area (Å²) in [7, 11) is 0. The number of hydrogen-bond acceptors (Lipinski definition) is 1. The molecule has 0 aliphatic carbocycles. The summed E-state index contributed by atoms with van der Waals surface area (Å²) in [4.78, 5) is 0. The van der Waals surface area contributed by atoms with E-state index in [1.54, 1.807) is 6.08 Å². The molecule has 0 aliphatic rings. The van der Waals surface area contributed by atoms with Gasteiger partial charge in [-0.15, -0.1) is 6.07 Å². The molecule has 80 valence electrons. The Bertz CT molecular complexity index is 291. The zero-order chi connectivity index (χ0) is 10.1. The van der Waals surface area contributed by atoms with Crippen LogP contribution in [0.3, 0.4) is 0 Å². The van der Waals surface area contributed by atoms with Gasteiger partial charge >= 0.3 is 17.1 Å². The average Bonchev–Trinajstić information content (AvgIpc) is 2.90. The zero-order valence-electron chi connectivity index (χ0n) is 8.45. The van der Waals surface area contributed by atoms with Crippen LogP contribution in [0.5, 0.6) is 5.75 Å². The summed E-state index contributed by atoms with van der Waals surface area (Å²) in [5, 5.41) is 0. The number of rotatable bonds is 3. The molecule has 2 aromatic rings. The molecule has 15 heavy (non-hydrogen) atoms. The third-order valence-electron chi connectivity index (χ3n) is 1.56. The summed E-state index contributed by atoms with van der Waals surface area (Å²) in [5.41, 5.74) is 0. The van der Waals surface area contributed by atoms with Gasteiger partial charge in [0.15, 0.2) is 0 Å². The summed E-state index contributed by atoms with van der Waals surface area (Å²) in [6.45, 7) is 4.12. The fraction of sp³-hybridized carbons (Fsp3) is 0.0769. The summed E-state index contributed by atoms with van der Waals surface area (Å²) < 4.78 is 5.18. The van der Waals surface area contributed by atoms with E-state index in [9.17, 15) is 0 Å². The van der Waals surface area contributed by atoms with E-state index in [1.807, 2.05) is 54.6 Å². The Balaban J connectivity index is 0.000000280. The van der Waals surface area contributed by atoms with Crippen LogP contribution in [0.2, 0.25) is 0 Å². The zero-order valence-corrected chi connectivity index (χ0v) is 9.55. The van der Waals surface area contributed by atoms with Crippen LogP contribution in [0.15, 0.2) is 67.3 Å². The Hall–Kier alpha value is -1.24.